The molecule has 5 heteroatoms. The van der Waals surface area contributed by atoms with E-state index >= 15 is 0 Å². The Balaban J connectivity index is 2.33. The van der Waals surface area contributed by atoms with Gasteiger partial charge in [0.15, 0.2) is 5.96 Å². The predicted octanol–water partition coefficient (Wildman–Crippen LogP) is -0.940. The summed E-state index contributed by atoms with van der Waals surface area (Å²) in [6, 6.07) is 0.295. The van der Waals surface area contributed by atoms with Gasteiger partial charge in [0.2, 0.25) is 5.91 Å². The minimum atomic E-state index is 0.137. The highest BCUT2D eigenvalue weighted by atomic mass is 16.1. The van der Waals surface area contributed by atoms with Gasteiger partial charge in [0.1, 0.15) is 0 Å². The number of hydrogen-bond donors (Lipinski definition) is 3. The number of carbonyl (C=O) groups excluding carboxylic acids is 1. The number of nitrogens with zero attached hydrogens (tertiary/aromatic N) is 1. The van der Waals surface area contributed by atoms with Crippen molar-refractivity contribution in [3.63, 3.8) is 0 Å². The highest BCUT2D eigenvalue weighted by Gasteiger charge is 2.17. The van der Waals surface area contributed by atoms with Gasteiger partial charge in [-0.05, 0) is 6.42 Å². The van der Waals surface area contributed by atoms with E-state index < -0.39 is 0 Å². The Morgan fingerprint density at radius 3 is 2.92 bits per heavy atom. The summed E-state index contributed by atoms with van der Waals surface area (Å²) in [6.45, 7) is 0.680. The molecule has 1 atom stereocenters. The smallest absolute Gasteiger partial charge is 0.220 e. The number of amides is 1. The van der Waals surface area contributed by atoms with E-state index in [-0.39, 0.29) is 5.91 Å². The van der Waals surface area contributed by atoms with Gasteiger partial charge in [0.25, 0.3) is 0 Å². The first-order valence-electron chi connectivity index (χ1n) is 4.44. The van der Waals surface area contributed by atoms with Crippen LogP contribution in [0.4, 0.5) is 0 Å². The van der Waals surface area contributed by atoms with Crippen LogP contribution in [0.15, 0.2) is 4.99 Å². The number of guanidine groups is 1. The van der Waals surface area contributed by atoms with Crippen molar-refractivity contribution < 1.29 is 4.79 Å². The van der Waals surface area contributed by atoms with E-state index in [4.69, 9.17) is 0 Å². The third kappa shape index (κ3) is 2.93. The summed E-state index contributed by atoms with van der Waals surface area (Å²) < 4.78 is 0. The first-order chi connectivity index (χ1) is 6.26. The molecule has 0 aromatic carbocycles. The number of carbonyl (C=O) groups is 1. The van der Waals surface area contributed by atoms with Gasteiger partial charge in [-0.2, -0.15) is 0 Å². The molecule has 1 saturated heterocycles. The standard InChI is InChI=1S/C8H16N4O/c1-9-8(10-2)12-6-3-4-7(13)11-5-6/h6H,3-5H2,1-2H3,(H,11,13)(H2,9,10,12). The van der Waals surface area contributed by atoms with E-state index in [0.717, 1.165) is 12.4 Å². The largest absolute Gasteiger partial charge is 0.359 e. The molecule has 0 aromatic heterocycles. The summed E-state index contributed by atoms with van der Waals surface area (Å²) in [5, 5.41) is 8.94. The van der Waals surface area contributed by atoms with Gasteiger partial charge >= 0.3 is 0 Å². The Hall–Kier alpha value is -1.26. The molecule has 5 nitrogen and oxygen atoms in total. The summed E-state index contributed by atoms with van der Waals surface area (Å²) in [5.74, 6) is 0.902. The predicted molar refractivity (Wildman–Crippen MR) is 51.6 cm³/mol. The molecular formula is C8H16N4O. The lowest BCUT2D eigenvalue weighted by molar-refractivity contribution is -0.122. The third-order valence-corrected chi connectivity index (χ3v) is 2.07. The Labute approximate surface area is 78.0 Å². The zero-order valence-electron chi connectivity index (χ0n) is 8.05. The maximum absolute atomic E-state index is 10.8. The Kier molecular flexibility index (Phi) is 3.54. The fraction of sp³-hybridized carbons (Fsp3) is 0.750. The lowest BCUT2D eigenvalue weighted by Crippen LogP contribution is -2.50. The molecule has 1 amide bonds. The number of rotatable bonds is 1. The highest BCUT2D eigenvalue weighted by molar-refractivity contribution is 5.80. The summed E-state index contributed by atoms with van der Waals surface area (Å²) in [6.07, 6.45) is 1.46. The average Bonchev–Trinajstić information content (AvgIpc) is 2.17. The lowest BCUT2D eigenvalue weighted by atomic mass is 10.1. The van der Waals surface area contributed by atoms with Crippen LogP contribution < -0.4 is 16.0 Å². The number of piperidine rings is 1. The normalized spacial score (nSPS) is 23.7. The van der Waals surface area contributed by atoms with Crippen molar-refractivity contribution in [3.8, 4) is 0 Å². The van der Waals surface area contributed by atoms with Crippen molar-refractivity contribution in [2.75, 3.05) is 20.6 Å². The number of nitrogens with one attached hydrogen (secondary N) is 3. The molecule has 3 N–H and O–H groups in total. The lowest BCUT2D eigenvalue weighted by Gasteiger charge is -2.24. The van der Waals surface area contributed by atoms with Gasteiger partial charge in [-0.15, -0.1) is 0 Å². The molecule has 0 radical (unpaired) electrons. The zero-order valence-corrected chi connectivity index (χ0v) is 8.05. The van der Waals surface area contributed by atoms with Crippen molar-refractivity contribution in [3.05, 3.63) is 0 Å². The van der Waals surface area contributed by atoms with Crippen molar-refractivity contribution in [2.45, 2.75) is 18.9 Å². The van der Waals surface area contributed by atoms with Crippen LogP contribution in [0.1, 0.15) is 12.8 Å². The van der Waals surface area contributed by atoms with Crippen molar-refractivity contribution in [1.29, 1.82) is 0 Å². The maximum atomic E-state index is 10.8. The third-order valence-electron chi connectivity index (χ3n) is 2.07. The van der Waals surface area contributed by atoms with Gasteiger partial charge in [0, 0.05) is 33.1 Å². The SMILES string of the molecule is CN=C(NC)NC1CCC(=O)NC1. The monoisotopic (exact) mass is 184 g/mol. The van der Waals surface area contributed by atoms with E-state index in [9.17, 15) is 4.79 Å². The molecule has 13 heavy (non-hydrogen) atoms. The van der Waals surface area contributed by atoms with Crippen molar-refractivity contribution >= 4 is 11.9 Å². The van der Waals surface area contributed by atoms with Crippen LogP contribution in [0, 0.1) is 0 Å². The second kappa shape index (κ2) is 4.69. The average molecular weight is 184 g/mol. The Morgan fingerprint density at radius 1 is 1.69 bits per heavy atom. The van der Waals surface area contributed by atoms with Gasteiger partial charge < -0.3 is 16.0 Å². The molecule has 1 heterocycles. The molecular weight excluding hydrogens is 168 g/mol. The number of hydrogen-bond acceptors (Lipinski definition) is 2. The van der Waals surface area contributed by atoms with Crippen LogP contribution in [0.25, 0.3) is 0 Å². The molecule has 1 fully saturated rings. The summed E-state index contributed by atoms with van der Waals surface area (Å²) in [7, 11) is 3.54. The van der Waals surface area contributed by atoms with Crippen LogP contribution in [0.5, 0.6) is 0 Å². The van der Waals surface area contributed by atoms with E-state index in [0.29, 0.717) is 19.0 Å². The molecule has 1 rings (SSSR count). The molecule has 74 valence electrons. The quantitative estimate of drug-likeness (QED) is 0.364. The molecule has 1 aliphatic heterocycles. The summed E-state index contributed by atoms with van der Waals surface area (Å²) >= 11 is 0. The molecule has 0 saturated carbocycles. The van der Waals surface area contributed by atoms with Crippen LogP contribution in [0.3, 0.4) is 0 Å². The van der Waals surface area contributed by atoms with E-state index in [2.05, 4.69) is 20.9 Å². The molecule has 0 spiro atoms. The zero-order chi connectivity index (χ0) is 9.68. The second-order valence-corrected chi connectivity index (χ2v) is 3.01. The molecule has 0 bridgehead atoms. The topological polar surface area (TPSA) is 65.5 Å². The minimum Gasteiger partial charge on any atom is -0.359 e. The first-order valence-corrected chi connectivity index (χ1v) is 4.44. The molecule has 1 unspecified atom stereocenters. The second-order valence-electron chi connectivity index (χ2n) is 3.01. The van der Waals surface area contributed by atoms with Gasteiger partial charge in [-0.3, -0.25) is 9.79 Å². The molecule has 0 aliphatic carbocycles. The maximum Gasteiger partial charge on any atom is 0.220 e. The van der Waals surface area contributed by atoms with Crippen LogP contribution in [-0.4, -0.2) is 38.5 Å². The Bertz CT molecular complexity index is 204. The fourth-order valence-electron chi connectivity index (χ4n) is 1.30. The van der Waals surface area contributed by atoms with E-state index in [1.54, 1.807) is 7.05 Å². The van der Waals surface area contributed by atoms with E-state index in [1.807, 2.05) is 7.05 Å². The fourth-order valence-corrected chi connectivity index (χ4v) is 1.30. The summed E-state index contributed by atoms with van der Waals surface area (Å²) in [4.78, 5) is 14.9. The van der Waals surface area contributed by atoms with Gasteiger partial charge in [-0.1, -0.05) is 0 Å². The van der Waals surface area contributed by atoms with Gasteiger partial charge in [-0.25, -0.2) is 0 Å². The van der Waals surface area contributed by atoms with Crippen molar-refractivity contribution in [1.82, 2.24) is 16.0 Å². The van der Waals surface area contributed by atoms with Crippen LogP contribution >= 0.6 is 0 Å². The van der Waals surface area contributed by atoms with E-state index in [1.165, 1.54) is 0 Å². The number of aliphatic imine (C=N–C) groups is 1. The molecule has 0 aromatic rings. The minimum absolute atomic E-state index is 0.137. The van der Waals surface area contributed by atoms with Gasteiger partial charge in [0.05, 0.1) is 0 Å². The van der Waals surface area contributed by atoms with Crippen LogP contribution in [-0.2, 0) is 4.79 Å². The van der Waals surface area contributed by atoms with Crippen molar-refractivity contribution in [2.24, 2.45) is 4.99 Å². The first kappa shape index (κ1) is 9.83. The molecule has 1 aliphatic rings. The highest BCUT2D eigenvalue weighted by Crippen LogP contribution is 2.01. The van der Waals surface area contributed by atoms with Crippen LogP contribution in [0.2, 0.25) is 0 Å². The summed E-state index contributed by atoms with van der Waals surface area (Å²) in [5.41, 5.74) is 0. The Morgan fingerprint density at radius 2 is 2.46 bits per heavy atom.